The minimum Gasteiger partial charge on any atom is -0.481 e. The first kappa shape index (κ1) is 24.5. The number of aryl methyl sites for hydroxylation is 4. The molecule has 0 amide bonds. The van der Waals surface area contributed by atoms with Crippen LogP contribution >= 0.6 is 0 Å². The molecule has 0 bridgehead atoms. The van der Waals surface area contributed by atoms with Crippen molar-refractivity contribution in [2.75, 3.05) is 13.2 Å². The first-order chi connectivity index (χ1) is 17.0. The molecule has 0 saturated heterocycles. The number of hydrogen-bond acceptors (Lipinski definition) is 4. The van der Waals surface area contributed by atoms with E-state index in [4.69, 9.17) is 9.94 Å². The average Bonchev–Trinajstić information content (AvgIpc) is 2.85. The van der Waals surface area contributed by atoms with Crippen LogP contribution < -0.4 is 10.7 Å². The van der Waals surface area contributed by atoms with Crippen LogP contribution in [0.2, 0.25) is 0 Å². The summed E-state index contributed by atoms with van der Waals surface area (Å²) in [5, 5.41) is 19.7. The maximum atomic E-state index is 10.9. The largest absolute Gasteiger partial charge is 0.481 e. The van der Waals surface area contributed by atoms with Crippen molar-refractivity contribution in [3.05, 3.63) is 88.3 Å². The molecule has 2 N–H and O–H groups in total. The van der Waals surface area contributed by atoms with Crippen LogP contribution in [0.15, 0.2) is 65.8 Å². The summed E-state index contributed by atoms with van der Waals surface area (Å²) >= 11 is 0. The summed E-state index contributed by atoms with van der Waals surface area (Å²) < 4.78 is 2.39. The summed E-state index contributed by atoms with van der Waals surface area (Å²) in [6, 6.07) is 20.9. The van der Waals surface area contributed by atoms with Crippen LogP contribution in [0, 0.1) is 20.8 Å². The Labute approximate surface area is 205 Å². The Morgan fingerprint density at radius 1 is 0.971 bits per heavy atom. The summed E-state index contributed by atoms with van der Waals surface area (Å²) in [6.45, 7) is 9.09. The van der Waals surface area contributed by atoms with Crippen LogP contribution in [-0.4, -0.2) is 28.8 Å². The van der Waals surface area contributed by atoms with Crippen molar-refractivity contribution in [2.45, 2.75) is 46.7 Å². The van der Waals surface area contributed by atoms with Gasteiger partial charge in [-0.25, -0.2) is 0 Å². The molecule has 0 aliphatic carbocycles. The van der Waals surface area contributed by atoms with E-state index in [-0.39, 0.29) is 13.0 Å². The number of nitrogens with zero attached hydrogens (tertiary/aromatic N) is 2. The number of carbonyl (C=O) groups is 1. The number of para-hydroxylation sites is 1. The fourth-order valence-electron chi connectivity index (χ4n) is 4.48. The highest BCUT2D eigenvalue weighted by Crippen LogP contribution is 2.25. The van der Waals surface area contributed by atoms with E-state index in [9.17, 15) is 4.79 Å². The van der Waals surface area contributed by atoms with Crippen LogP contribution in [0.3, 0.4) is 0 Å². The van der Waals surface area contributed by atoms with Gasteiger partial charge in [0.25, 0.3) is 0 Å². The van der Waals surface area contributed by atoms with E-state index >= 15 is 0 Å². The SMILES string of the molecule is Cc1ccccc1CNCCCn1c2ccccc2/c(=N\OCCC(=O)O)c2ccc(C)c(C)c21. The summed E-state index contributed by atoms with van der Waals surface area (Å²) in [7, 11) is 0. The number of hydrogen-bond donors (Lipinski definition) is 2. The molecule has 3 aromatic carbocycles. The van der Waals surface area contributed by atoms with Gasteiger partial charge in [0, 0.05) is 23.9 Å². The normalized spacial score (nSPS) is 11.9. The number of carboxylic acids is 1. The van der Waals surface area contributed by atoms with Crippen molar-refractivity contribution in [1.29, 1.82) is 0 Å². The second-order valence-electron chi connectivity index (χ2n) is 8.95. The molecule has 0 saturated carbocycles. The quantitative estimate of drug-likeness (QED) is 0.189. The third-order valence-corrected chi connectivity index (χ3v) is 6.55. The lowest BCUT2D eigenvalue weighted by molar-refractivity contribution is -0.138. The molecule has 6 heteroatoms. The summed E-state index contributed by atoms with van der Waals surface area (Å²) in [4.78, 5) is 16.3. The van der Waals surface area contributed by atoms with E-state index < -0.39 is 5.97 Å². The Bertz CT molecular complexity index is 1420. The van der Waals surface area contributed by atoms with Gasteiger partial charge in [0.1, 0.15) is 12.0 Å². The average molecular weight is 472 g/mol. The molecule has 0 aliphatic rings. The van der Waals surface area contributed by atoms with Gasteiger partial charge >= 0.3 is 5.97 Å². The summed E-state index contributed by atoms with van der Waals surface area (Å²) in [5.74, 6) is -0.900. The van der Waals surface area contributed by atoms with Gasteiger partial charge in [-0.15, -0.1) is 0 Å². The number of benzene rings is 3. The number of aliphatic carboxylic acids is 1. The minimum atomic E-state index is -0.900. The zero-order chi connectivity index (χ0) is 24.8. The fraction of sp³-hybridized carbons (Fsp3) is 0.310. The number of rotatable bonds is 10. The lowest BCUT2D eigenvalue weighted by Gasteiger charge is -2.19. The third-order valence-electron chi connectivity index (χ3n) is 6.55. The van der Waals surface area contributed by atoms with E-state index in [1.54, 1.807) is 0 Å². The predicted octanol–water partition coefficient (Wildman–Crippen LogP) is 5.21. The maximum absolute atomic E-state index is 10.9. The Morgan fingerprint density at radius 3 is 2.54 bits per heavy atom. The smallest absolute Gasteiger partial charge is 0.306 e. The molecule has 182 valence electrons. The van der Waals surface area contributed by atoms with Gasteiger partial charge in [0.05, 0.1) is 17.5 Å². The van der Waals surface area contributed by atoms with Crippen molar-refractivity contribution >= 4 is 27.8 Å². The molecule has 4 aromatic rings. The molecular weight excluding hydrogens is 438 g/mol. The van der Waals surface area contributed by atoms with Gasteiger partial charge in [-0.2, -0.15) is 0 Å². The lowest BCUT2D eigenvalue weighted by atomic mass is 10.0. The van der Waals surface area contributed by atoms with Crippen LogP contribution in [0.25, 0.3) is 21.8 Å². The van der Waals surface area contributed by atoms with Crippen molar-refractivity contribution < 1.29 is 14.7 Å². The predicted molar refractivity (Wildman–Crippen MR) is 140 cm³/mol. The minimum absolute atomic E-state index is 0.0391. The first-order valence-electron chi connectivity index (χ1n) is 12.1. The van der Waals surface area contributed by atoms with E-state index in [1.807, 2.05) is 12.1 Å². The lowest BCUT2D eigenvalue weighted by Crippen LogP contribution is -2.19. The van der Waals surface area contributed by atoms with Gasteiger partial charge in [-0.3, -0.25) is 4.79 Å². The Balaban J connectivity index is 1.66. The van der Waals surface area contributed by atoms with Gasteiger partial charge < -0.3 is 19.8 Å². The van der Waals surface area contributed by atoms with Crippen molar-refractivity contribution in [1.82, 2.24) is 9.88 Å². The van der Waals surface area contributed by atoms with Crippen LogP contribution in [0.4, 0.5) is 0 Å². The van der Waals surface area contributed by atoms with Crippen molar-refractivity contribution in [2.24, 2.45) is 5.16 Å². The highest BCUT2D eigenvalue weighted by Gasteiger charge is 2.13. The Hall–Kier alpha value is -3.64. The number of nitrogens with one attached hydrogen (secondary N) is 1. The van der Waals surface area contributed by atoms with Gasteiger partial charge in [-0.1, -0.05) is 59.8 Å². The van der Waals surface area contributed by atoms with E-state index in [0.717, 1.165) is 53.2 Å². The van der Waals surface area contributed by atoms with Crippen LogP contribution in [-0.2, 0) is 22.7 Å². The Kier molecular flexibility index (Phi) is 7.83. The maximum Gasteiger partial charge on any atom is 0.306 e. The molecule has 1 heterocycles. The van der Waals surface area contributed by atoms with Gasteiger partial charge in [0.2, 0.25) is 0 Å². The summed E-state index contributed by atoms with van der Waals surface area (Å²) in [5.41, 5.74) is 7.30. The van der Waals surface area contributed by atoms with Crippen LogP contribution in [0.5, 0.6) is 0 Å². The topological polar surface area (TPSA) is 75.8 Å². The molecule has 0 aliphatic heterocycles. The summed E-state index contributed by atoms with van der Waals surface area (Å²) in [6.07, 6.45) is 0.897. The molecule has 0 spiro atoms. The van der Waals surface area contributed by atoms with E-state index in [2.05, 4.69) is 84.3 Å². The van der Waals surface area contributed by atoms with E-state index in [0.29, 0.717) is 0 Å². The first-order valence-corrected chi connectivity index (χ1v) is 12.1. The van der Waals surface area contributed by atoms with Gasteiger partial charge in [0.15, 0.2) is 0 Å². The van der Waals surface area contributed by atoms with Crippen molar-refractivity contribution in [3.63, 3.8) is 0 Å². The number of carboxylic acid groups (broad SMARTS) is 1. The fourth-order valence-corrected chi connectivity index (χ4v) is 4.48. The second kappa shape index (κ2) is 11.2. The number of pyridine rings is 1. The monoisotopic (exact) mass is 471 g/mol. The molecule has 0 radical (unpaired) electrons. The molecule has 1 aromatic heterocycles. The second-order valence-corrected chi connectivity index (χ2v) is 8.95. The van der Waals surface area contributed by atoms with E-state index in [1.165, 1.54) is 22.3 Å². The Morgan fingerprint density at radius 2 is 1.74 bits per heavy atom. The molecule has 35 heavy (non-hydrogen) atoms. The highest BCUT2D eigenvalue weighted by atomic mass is 16.6. The highest BCUT2D eigenvalue weighted by molar-refractivity contribution is 5.95. The van der Waals surface area contributed by atoms with Crippen molar-refractivity contribution in [3.8, 4) is 0 Å². The van der Waals surface area contributed by atoms with Gasteiger partial charge in [-0.05, 0) is 62.1 Å². The molecule has 4 rings (SSSR count). The molecule has 0 unspecified atom stereocenters. The molecule has 0 atom stereocenters. The number of fused-ring (bicyclic) bond motifs is 2. The third kappa shape index (κ3) is 5.54. The molecule has 6 nitrogen and oxygen atoms in total. The number of aromatic nitrogens is 1. The zero-order valence-corrected chi connectivity index (χ0v) is 20.7. The molecular formula is C29H33N3O3. The van der Waals surface area contributed by atoms with Crippen LogP contribution in [0.1, 0.15) is 35.1 Å². The standard InChI is InChI=1S/C29H33N3O3/c1-20-13-14-25-28(31-35-18-15-27(33)34)24-11-6-7-12-26(24)32(29(25)22(20)3)17-8-16-30-19-23-10-5-4-9-21(23)2/h4-7,9-14,30H,8,15-19H2,1-3H3,(H,33,34)/b31-28+. The zero-order valence-electron chi connectivity index (χ0n) is 20.7. The molecule has 0 fully saturated rings.